The molecule has 1 unspecified atom stereocenters. The summed E-state index contributed by atoms with van der Waals surface area (Å²) in [4.78, 5) is 14.4. The number of hydrogen-bond donors (Lipinski definition) is 1. The third-order valence-corrected chi connectivity index (χ3v) is 4.68. The van der Waals surface area contributed by atoms with E-state index in [0.717, 1.165) is 18.4 Å². The summed E-state index contributed by atoms with van der Waals surface area (Å²) in [5.74, 6) is 0.154. The fraction of sp³-hybridized carbons (Fsp3) is 0.500. The smallest absolute Gasteiger partial charge is 0.253 e. The number of rotatable bonds is 5. The van der Waals surface area contributed by atoms with Gasteiger partial charge in [0.1, 0.15) is 11.6 Å². The zero-order valence-corrected chi connectivity index (χ0v) is 13.5. The van der Waals surface area contributed by atoms with Crippen LogP contribution in [0.2, 0.25) is 0 Å². The first-order valence-corrected chi connectivity index (χ1v) is 7.92. The lowest BCUT2D eigenvalue weighted by Crippen LogP contribution is -2.47. The normalized spacial score (nSPS) is 19.2. The average molecular weight is 305 g/mol. The maximum atomic E-state index is 13.0. The van der Waals surface area contributed by atoms with Crippen molar-refractivity contribution >= 4 is 5.91 Å². The molecule has 1 N–H and O–H groups in total. The minimum atomic E-state index is -0.279. The minimum Gasteiger partial charge on any atom is -0.512 e. The molecule has 0 bridgehead atoms. The van der Waals surface area contributed by atoms with Crippen LogP contribution in [0.4, 0.5) is 4.39 Å². The minimum absolute atomic E-state index is 0.00347. The van der Waals surface area contributed by atoms with Gasteiger partial charge in [0.05, 0.1) is 5.57 Å². The average Bonchev–Trinajstić information content (AvgIpc) is 2.52. The largest absolute Gasteiger partial charge is 0.512 e. The summed E-state index contributed by atoms with van der Waals surface area (Å²) < 4.78 is 13.0. The van der Waals surface area contributed by atoms with E-state index in [2.05, 4.69) is 13.8 Å². The second kappa shape index (κ2) is 6.95. The van der Waals surface area contributed by atoms with Crippen LogP contribution >= 0.6 is 0 Å². The third-order valence-electron chi connectivity index (χ3n) is 4.68. The highest BCUT2D eigenvalue weighted by atomic mass is 19.1. The molecule has 2 rings (SSSR count). The molecule has 1 amide bonds. The molecule has 0 spiro atoms. The van der Waals surface area contributed by atoms with Crippen LogP contribution in [0.15, 0.2) is 35.6 Å². The lowest BCUT2D eigenvalue weighted by molar-refractivity contribution is -0.133. The molecule has 0 fully saturated rings. The lowest BCUT2D eigenvalue weighted by atomic mass is 9.86. The summed E-state index contributed by atoms with van der Waals surface area (Å²) in [7, 11) is 0. The van der Waals surface area contributed by atoms with E-state index in [0.29, 0.717) is 24.5 Å². The van der Waals surface area contributed by atoms with Gasteiger partial charge in [0.25, 0.3) is 5.91 Å². The van der Waals surface area contributed by atoms with Gasteiger partial charge in [0, 0.05) is 19.0 Å². The number of carbonyl (C=O) groups is 1. The summed E-state index contributed by atoms with van der Waals surface area (Å²) >= 11 is 0. The van der Waals surface area contributed by atoms with Gasteiger partial charge in [-0.1, -0.05) is 38.8 Å². The zero-order chi connectivity index (χ0) is 16.3. The predicted molar refractivity (Wildman–Crippen MR) is 84.8 cm³/mol. The molecule has 1 atom stereocenters. The second-order valence-corrected chi connectivity index (χ2v) is 5.98. The van der Waals surface area contributed by atoms with E-state index < -0.39 is 0 Å². The van der Waals surface area contributed by atoms with Gasteiger partial charge in [0.15, 0.2) is 0 Å². The second-order valence-electron chi connectivity index (χ2n) is 5.98. The van der Waals surface area contributed by atoms with Crippen molar-refractivity contribution in [3.63, 3.8) is 0 Å². The van der Waals surface area contributed by atoms with Crippen LogP contribution < -0.4 is 0 Å². The van der Waals surface area contributed by atoms with Crippen molar-refractivity contribution in [2.24, 2.45) is 5.92 Å². The Morgan fingerprint density at radius 1 is 1.27 bits per heavy atom. The van der Waals surface area contributed by atoms with E-state index in [1.165, 1.54) is 12.1 Å². The molecular formula is C18H24FNO2. The molecule has 3 nitrogen and oxygen atoms in total. The van der Waals surface area contributed by atoms with Crippen molar-refractivity contribution in [2.45, 2.75) is 52.6 Å². The zero-order valence-electron chi connectivity index (χ0n) is 13.5. The van der Waals surface area contributed by atoms with Gasteiger partial charge in [-0.15, -0.1) is 0 Å². The molecule has 1 aliphatic rings. The molecule has 120 valence electrons. The van der Waals surface area contributed by atoms with E-state index in [1.807, 2.05) is 4.90 Å². The van der Waals surface area contributed by atoms with Gasteiger partial charge >= 0.3 is 0 Å². The van der Waals surface area contributed by atoms with E-state index in [4.69, 9.17) is 0 Å². The van der Waals surface area contributed by atoms with Crippen molar-refractivity contribution in [2.75, 3.05) is 0 Å². The lowest BCUT2D eigenvalue weighted by Gasteiger charge is -2.40. The third kappa shape index (κ3) is 3.32. The fourth-order valence-corrected chi connectivity index (χ4v) is 3.18. The number of benzene rings is 1. The van der Waals surface area contributed by atoms with Gasteiger partial charge < -0.3 is 10.0 Å². The van der Waals surface area contributed by atoms with E-state index in [1.54, 1.807) is 19.1 Å². The molecular weight excluding hydrogens is 281 g/mol. The summed E-state index contributed by atoms with van der Waals surface area (Å²) in [6, 6.07) is 6.24. The van der Waals surface area contributed by atoms with Crippen LogP contribution in [0.25, 0.3) is 0 Å². The van der Waals surface area contributed by atoms with Crippen LogP contribution in [-0.2, 0) is 11.3 Å². The number of amides is 1. The molecule has 0 saturated heterocycles. The molecule has 0 aromatic heterocycles. The maximum absolute atomic E-state index is 13.0. The first-order valence-electron chi connectivity index (χ1n) is 7.92. The first-order chi connectivity index (χ1) is 10.5. The van der Waals surface area contributed by atoms with Gasteiger partial charge in [-0.25, -0.2) is 4.39 Å². The fourth-order valence-electron chi connectivity index (χ4n) is 3.18. The number of aliphatic hydroxyl groups is 1. The molecule has 1 aromatic rings. The summed E-state index contributed by atoms with van der Waals surface area (Å²) in [6.07, 6.45) is 2.42. The number of nitrogens with zero attached hydrogens (tertiary/aromatic N) is 1. The van der Waals surface area contributed by atoms with Gasteiger partial charge in [-0.05, 0) is 30.5 Å². The van der Waals surface area contributed by atoms with E-state index in [9.17, 15) is 14.3 Å². The molecule has 0 aliphatic carbocycles. The Kier molecular flexibility index (Phi) is 5.22. The maximum Gasteiger partial charge on any atom is 0.253 e. The van der Waals surface area contributed by atoms with Crippen LogP contribution in [0.5, 0.6) is 0 Å². The van der Waals surface area contributed by atoms with E-state index >= 15 is 0 Å². The Morgan fingerprint density at radius 2 is 1.86 bits per heavy atom. The Bertz CT molecular complexity index is 561. The van der Waals surface area contributed by atoms with Crippen LogP contribution in [0, 0.1) is 11.7 Å². The number of aliphatic hydroxyl groups excluding tert-OH is 1. The quantitative estimate of drug-likeness (QED) is 0.886. The van der Waals surface area contributed by atoms with E-state index in [-0.39, 0.29) is 23.5 Å². The highest BCUT2D eigenvalue weighted by molar-refractivity contribution is 5.94. The molecule has 4 heteroatoms. The highest BCUT2D eigenvalue weighted by Gasteiger charge is 2.35. The van der Waals surface area contributed by atoms with Crippen molar-refractivity contribution in [3.8, 4) is 0 Å². The van der Waals surface area contributed by atoms with Gasteiger partial charge in [-0.3, -0.25) is 4.79 Å². The summed E-state index contributed by atoms with van der Waals surface area (Å²) in [5.41, 5.74) is 1.32. The molecule has 0 saturated carbocycles. The van der Waals surface area contributed by atoms with Crippen molar-refractivity contribution in [1.82, 2.24) is 4.90 Å². The predicted octanol–water partition coefficient (Wildman–Crippen LogP) is 4.19. The van der Waals surface area contributed by atoms with Gasteiger partial charge in [-0.2, -0.15) is 0 Å². The molecule has 22 heavy (non-hydrogen) atoms. The summed E-state index contributed by atoms with van der Waals surface area (Å²) in [6.45, 7) is 6.33. The molecule has 0 radical (unpaired) electrons. The first kappa shape index (κ1) is 16.5. The Labute approximate surface area is 131 Å². The van der Waals surface area contributed by atoms with Crippen molar-refractivity contribution in [1.29, 1.82) is 0 Å². The summed E-state index contributed by atoms with van der Waals surface area (Å²) in [5, 5.41) is 10.1. The van der Waals surface area contributed by atoms with Crippen molar-refractivity contribution < 1.29 is 14.3 Å². The molecule has 1 aliphatic heterocycles. The Balaban J connectivity index is 2.30. The van der Waals surface area contributed by atoms with Crippen LogP contribution in [0.1, 0.15) is 45.6 Å². The Hall–Kier alpha value is -1.84. The number of carbonyl (C=O) groups excluding carboxylic acids is 1. The number of halogens is 1. The number of hydrogen-bond acceptors (Lipinski definition) is 2. The highest BCUT2D eigenvalue weighted by Crippen LogP contribution is 2.31. The standard InChI is InChI=1S/C18H24FNO2/c1-4-14(5-2)16-10-17(21)12(3)18(22)20(16)11-13-6-8-15(19)9-7-13/h6-9,14,16,21H,4-5,10-11H2,1-3H3. The Morgan fingerprint density at radius 3 is 2.41 bits per heavy atom. The van der Waals surface area contributed by atoms with Crippen LogP contribution in [-0.4, -0.2) is 22.0 Å². The molecule has 1 aromatic carbocycles. The van der Waals surface area contributed by atoms with Crippen LogP contribution in [0.3, 0.4) is 0 Å². The molecule has 1 heterocycles. The van der Waals surface area contributed by atoms with Crippen molar-refractivity contribution in [3.05, 3.63) is 47.0 Å². The SMILES string of the molecule is CCC(CC)C1CC(O)=C(C)C(=O)N1Cc1ccc(F)cc1. The van der Waals surface area contributed by atoms with Gasteiger partial charge in [0.2, 0.25) is 0 Å². The monoisotopic (exact) mass is 305 g/mol. The topological polar surface area (TPSA) is 40.5 Å².